The molecule has 2 atom stereocenters. The van der Waals surface area contributed by atoms with Gasteiger partial charge in [0, 0.05) is 5.56 Å². The topological polar surface area (TPSA) is 66.0 Å². The zero-order valence-corrected chi connectivity index (χ0v) is 10.3. The second kappa shape index (κ2) is 5.30. The van der Waals surface area contributed by atoms with Gasteiger partial charge in [-0.1, -0.05) is 11.8 Å². The maximum absolute atomic E-state index is 12.0. The number of ether oxygens (including phenoxy) is 1. The Bertz CT molecular complexity index is 463. The van der Waals surface area contributed by atoms with Crippen LogP contribution in [0.15, 0.2) is 24.3 Å². The molecule has 0 aliphatic carbocycles. The van der Waals surface area contributed by atoms with Gasteiger partial charge in [-0.3, -0.25) is 0 Å². The maximum Gasteiger partial charge on any atom is 0.573 e. The Morgan fingerprint density at radius 2 is 2.00 bits per heavy atom. The zero-order valence-electron chi connectivity index (χ0n) is 9.52. The average Bonchev–Trinajstić information content (AvgIpc) is 2.77. The van der Waals surface area contributed by atoms with Crippen LogP contribution in [0.5, 0.6) is 5.75 Å². The molecule has 0 saturated carbocycles. The quantitative estimate of drug-likeness (QED) is 0.853. The van der Waals surface area contributed by atoms with Crippen LogP contribution < -0.4 is 15.2 Å². The standard InChI is InChI=1S/C11H10F3NO3S/c12-11(13,14)18-7-3-1-6(2-4-7)9-15-8(5-19-9)10(16)17/h1-4,8-9,15H,5H2,(H,16,17)/t8-,9+/m1/s1. The predicted molar refractivity (Wildman–Crippen MR) is 59.0 cm³/mol. The normalized spacial score (nSPS) is 23.3. The molecule has 1 aliphatic rings. The number of nitrogens with two attached hydrogens (primary N) is 1. The van der Waals surface area contributed by atoms with Crippen molar-refractivity contribution >= 4 is 17.7 Å². The first-order valence-electron chi connectivity index (χ1n) is 5.38. The van der Waals surface area contributed by atoms with Crippen molar-refractivity contribution in [3.05, 3.63) is 29.8 Å². The van der Waals surface area contributed by atoms with Gasteiger partial charge >= 0.3 is 6.36 Å². The molecule has 1 aromatic carbocycles. The highest BCUT2D eigenvalue weighted by Gasteiger charge is 2.32. The number of aliphatic carboxylic acids is 1. The van der Waals surface area contributed by atoms with Gasteiger partial charge in [0.25, 0.3) is 0 Å². The molecule has 1 aromatic rings. The van der Waals surface area contributed by atoms with E-state index < -0.39 is 18.4 Å². The zero-order chi connectivity index (χ0) is 14.0. The molecule has 8 heteroatoms. The molecule has 1 aliphatic heterocycles. The molecule has 1 heterocycles. The molecule has 0 unspecified atom stereocenters. The van der Waals surface area contributed by atoms with Gasteiger partial charge in [0.1, 0.15) is 17.8 Å². The van der Waals surface area contributed by atoms with Crippen LogP contribution in [0, 0.1) is 0 Å². The molecular formula is C11H10F3NO3S. The molecule has 0 radical (unpaired) electrons. The van der Waals surface area contributed by atoms with Gasteiger partial charge in [-0.25, -0.2) is 0 Å². The van der Waals surface area contributed by atoms with E-state index in [1.807, 2.05) is 0 Å². The van der Waals surface area contributed by atoms with Gasteiger partial charge in [-0.05, 0) is 24.3 Å². The van der Waals surface area contributed by atoms with Crippen LogP contribution in [0.3, 0.4) is 0 Å². The van der Waals surface area contributed by atoms with Crippen molar-refractivity contribution in [1.82, 2.24) is 0 Å². The highest BCUT2D eigenvalue weighted by molar-refractivity contribution is 7.99. The Kier molecular flexibility index (Phi) is 3.91. The molecule has 1 saturated heterocycles. The minimum Gasteiger partial charge on any atom is -0.544 e. The van der Waals surface area contributed by atoms with Gasteiger partial charge in [0.05, 0.1) is 5.75 Å². The van der Waals surface area contributed by atoms with E-state index in [1.165, 1.54) is 36.0 Å². The third kappa shape index (κ3) is 3.77. The molecule has 104 valence electrons. The second-order valence-electron chi connectivity index (χ2n) is 3.99. The van der Waals surface area contributed by atoms with E-state index in [1.54, 1.807) is 5.32 Å². The summed E-state index contributed by atoms with van der Waals surface area (Å²) < 4.78 is 39.7. The Morgan fingerprint density at radius 3 is 2.47 bits per heavy atom. The number of carbonyl (C=O) groups excluding carboxylic acids is 1. The van der Waals surface area contributed by atoms with Crippen molar-refractivity contribution in [2.75, 3.05) is 5.75 Å². The minimum atomic E-state index is -4.71. The third-order valence-electron chi connectivity index (χ3n) is 2.61. The number of carboxylic acids is 1. The lowest BCUT2D eigenvalue weighted by molar-refractivity contribution is -0.690. The van der Waals surface area contributed by atoms with E-state index in [4.69, 9.17) is 0 Å². The molecule has 0 spiro atoms. The number of alkyl halides is 3. The molecule has 2 N–H and O–H groups in total. The Balaban J connectivity index is 2.01. The summed E-state index contributed by atoms with van der Waals surface area (Å²) in [5.41, 5.74) is 0.739. The largest absolute Gasteiger partial charge is 0.573 e. The van der Waals surface area contributed by atoms with Crippen LogP contribution >= 0.6 is 11.8 Å². The molecule has 0 bridgehead atoms. The van der Waals surface area contributed by atoms with Crippen LogP contribution in [0.25, 0.3) is 0 Å². The van der Waals surface area contributed by atoms with Gasteiger partial charge < -0.3 is 20.0 Å². The summed E-state index contributed by atoms with van der Waals surface area (Å²) in [4.78, 5) is 10.7. The average molecular weight is 293 g/mol. The molecule has 0 aromatic heterocycles. The molecule has 0 amide bonds. The summed E-state index contributed by atoms with van der Waals surface area (Å²) in [7, 11) is 0. The first kappa shape index (κ1) is 14.0. The summed E-state index contributed by atoms with van der Waals surface area (Å²) in [6, 6.07) is 4.79. The van der Waals surface area contributed by atoms with E-state index >= 15 is 0 Å². The van der Waals surface area contributed by atoms with Gasteiger partial charge in [-0.15, -0.1) is 13.2 Å². The molecule has 1 fully saturated rings. The first-order valence-corrected chi connectivity index (χ1v) is 6.43. The molecular weight excluding hydrogens is 283 g/mol. The van der Waals surface area contributed by atoms with Crippen molar-refractivity contribution < 1.29 is 33.1 Å². The van der Waals surface area contributed by atoms with E-state index in [2.05, 4.69) is 4.74 Å². The lowest BCUT2D eigenvalue weighted by atomic mass is 10.2. The summed E-state index contributed by atoms with van der Waals surface area (Å²) in [5.74, 6) is -1.02. The van der Waals surface area contributed by atoms with Crippen LogP contribution in [0.1, 0.15) is 10.9 Å². The number of carbonyl (C=O) groups is 1. The Labute approximate surface area is 110 Å². The van der Waals surface area contributed by atoms with Crippen molar-refractivity contribution in [1.29, 1.82) is 0 Å². The SMILES string of the molecule is O=C([O-])[C@H]1CS[C@@H](c2ccc(OC(F)(F)F)cc2)[NH2+]1. The minimum absolute atomic E-state index is 0.150. The number of hydrogen-bond donors (Lipinski definition) is 1. The maximum atomic E-state index is 12.0. The lowest BCUT2D eigenvalue weighted by Gasteiger charge is -2.12. The van der Waals surface area contributed by atoms with E-state index in [-0.39, 0.29) is 11.1 Å². The van der Waals surface area contributed by atoms with Gasteiger partial charge in [-0.2, -0.15) is 0 Å². The van der Waals surface area contributed by atoms with Crippen molar-refractivity contribution in [3.8, 4) is 5.75 Å². The highest BCUT2D eigenvalue weighted by Crippen LogP contribution is 2.29. The number of rotatable bonds is 3. The number of quaternary nitrogens is 1. The van der Waals surface area contributed by atoms with Crippen LogP contribution in [0.2, 0.25) is 0 Å². The number of benzene rings is 1. The number of thioether (sulfide) groups is 1. The third-order valence-corrected chi connectivity index (χ3v) is 3.95. The molecule has 2 rings (SSSR count). The van der Waals surface area contributed by atoms with Crippen molar-refractivity contribution in [2.45, 2.75) is 17.8 Å². The number of carboxylic acid groups (broad SMARTS) is 1. The highest BCUT2D eigenvalue weighted by atomic mass is 32.2. The van der Waals surface area contributed by atoms with E-state index in [0.29, 0.717) is 5.75 Å². The molecule has 4 nitrogen and oxygen atoms in total. The van der Waals surface area contributed by atoms with E-state index in [0.717, 1.165) is 5.56 Å². The monoisotopic (exact) mass is 293 g/mol. The van der Waals surface area contributed by atoms with Crippen molar-refractivity contribution in [2.24, 2.45) is 0 Å². The van der Waals surface area contributed by atoms with Crippen LogP contribution in [-0.2, 0) is 4.79 Å². The van der Waals surface area contributed by atoms with Crippen molar-refractivity contribution in [3.63, 3.8) is 0 Å². The fraction of sp³-hybridized carbons (Fsp3) is 0.364. The van der Waals surface area contributed by atoms with E-state index in [9.17, 15) is 23.1 Å². The number of hydrogen-bond acceptors (Lipinski definition) is 4. The van der Waals surface area contributed by atoms with Gasteiger partial charge in [0.2, 0.25) is 0 Å². The molecule has 19 heavy (non-hydrogen) atoms. The van der Waals surface area contributed by atoms with Crippen LogP contribution in [-0.4, -0.2) is 24.1 Å². The lowest BCUT2D eigenvalue weighted by Crippen LogP contribution is -2.90. The predicted octanol–water partition coefficient (Wildman–Crippen LogP) is 0.0125. The smallest absolute Gasteiger partial charge is 0.544 e. The fourth-order valence-electron chi connectivity index (χ4n) is 1.74. The Hall–Kier alpha value is -1.41. The van der Waals surface area contributed by atoms with Gasteiger partial charge in [0.15, 0.2) is 5.37 Å². The van der Waals surface area contributed by atoms with Crippen LogP contribution in [0.4, 0.5) is 13.2 Å². The summed E-state index contributed by atoms with van der Waals surface area (Å²) in [6.45, 7) is 0. The fourth-order valence-corrected chi connectivity index (χ4v) is 3.05. The first-order chi connectivity index (χ1) is 8.85. The Morgan fingerprint density at radius 1 is 1.37 bits per heavy atom. The number of halogens is 3. The summed E-state index contributed by atoms with van der Waals surface area (Å²) >= 11 is 1.41. The summed E-state index contributed by atoms with van der Waals surface area (Å²) in [6.07, 6.45) is -4.71. The summed E-state index contributed by atoms with van der Waals surface area (Å²) in [5, 5.41) is 12.2. The second-order valence-corrected chi connectivity index (χ2v) is 5.16.